The van der Waals surface area contributed by atoms with Crippen LogP contribution in [0.25, 0.3) is 11.3 Å². The first-order valence-electron chi connectivity index (χ1n) is 8.63. The molecule has 1 aliphatic heterocycles. The number of halogens is 1. The van der Waals surface area contributed by atoms with Gasteiger partial charge in [-0.05, 0) is 50.6 Å². The van der Waals surface area contributed by atoms with Crippen LogP contribution in [-0.4, -0.2) is 29.2 Å². The fourth-order valence-electron chi connectivity index (χ4n) is 2.90. The lowest BCUT2D eigenvalue weighted by Crippen LogP contribution is -2.40. The maximum atomic E-state index is 6.36. The predicted molar refractivity (Wildman–Crippen MR) is 101 cm³/mol. The molecule has 3 heterocycles. The first kappa shape index (κ1) is 16.1. The standard InChI is InChI=1S/C17H22ClN5S/c18-13-9-20-16(23-15-3-1-2-6-19-15)7-12(13)14-10-24-17(22-14)21-8-11-4-5-11/h7,9-11,15,19H,1-6,8H2,(H,20,23)(H,21,22)/t15-/m0/s1. The maximum Gasteiger partial charge on any atom is 0.183 e. The molecule has 2 aliphatic rings. The Morgan fingerprint density at radius 1 is 1.29 bits per heavy atom. The van der Waals surface area contributed by atoms with Crippen LogP contribution in [0.4, 0.5) is 10.9 Å². The summed E-state index contributed by atoms with van der Waals surface area (Å²) in [5.74, 6) is 1.68. The van der Waals surface area contributed by atoms with E-state index in [1.807, 2.05) is 6.07 Å². The van der Waals surface area contributed by atoms with Crippen molar-refractivity contribution in [2.24, 2.45) is 5.92 Å². The molecule has 0 aromatic carbocycles. The molecule has 1 saturated carbocycles. The van der Waals surface area contributed by atoms with E-state index in [1.54, 1.807) is 17.5 Å². The van der Waals surface area contributed by atoms with Crippen molar-refractivity contribution in [2.45, 2.75) is 38.3 Å². The van der Waals surface area contributed by atoms with Gasteiger partial charge in [-0.15, -0.1) is 11.3 Å². The number of nitrogens with zero attached hydrogens (tertiary/aromatic N) is 2. The lowest BCUT2D eigenvalue weighted by atomic mass is 10.1. The molecule has 0 bridgehead atoms. The van der Waals surface area contributed by atoms with Gasteiger partial charge in [-0.2, -0.15) is 0 Å². The van der Waals surface area contributed by atoms with Gasteiger partial charge in [-0.3, -0.25) is 5.32 Å². The number of hydrogen-bond acceptors (Lipinski definition) is 6. The van der Waals surface area contributed by atoms with Crippen LogP contribution >= 0.6 is 22.9 Å². The Balaban J connectivity index is 1.47. The molecule has 1 saturated heterocycles. The fraction of sp³-hybridized carbons (Fsp3) is 0.529. The van der Waals surface area contributed by atoms with Gasteiger partial charge in [0, 0.05) is 23.7 Å². The fourth-order valence-corrected chi connectivity index (χ4v) is 3.82. The molecule has 4 rings (SSSR count). The van der Waals surface area contributed by atoms with E-state index in [1.165, 1.54) is 25.7 Å². The number of anilines is 2. The van der Waals surface area contributed by atoms with Crippen molar-refractivity contribution in [1.82, 2.24) is 15.3 Å². The summed E-state index contributed by atoms with van der Waals surface area (Å²) in [6.07, 6.45) is 8.27. The van der Waals surface area contributed by atoms with Crippen LogP contribution in [0.15, 0.2) is 17.6 Å². The van der Waals surface area contributed by atoms with Crippen LogP contribution in [0.2, 0.25) is 5.02 Å². The zero-order valence-electron chi connectivity index (χ0n) is 13.5. The third-order valence-corrected chi connectivity index (χ3v) is 5.61. The van der Waals surface area contributed by atoms with Crippen molar-refractivity contribution in [2.75, 3.05) is 23.7 Å². The van der Waals surface area contributed by atoms with Gasteiger partial charge in [0.1, 0.15) is 5.82 Å². The predicted octanol–water partition coefficient (Wildman–Crippen LogP) is 4.19. The molecule has 1 aliphatic carbocycles. The number of rotatable bonds is 6. The maximum absolute atomic E-state index is 6.36. The highest BCUT2D eigenvalue weighted by atomic mass is 35.5. The molecule has 2 aromatic rings. The first-order valence-corrected chi connectivity index (χ1v) is 9.89. The second-order valence-electron chi connectivity index (χ2n) is 6.56. The van der Waals surface area contributed by atoms with Crippen LogP contribution in [-0.2, 0) is 0 Å². The van der Waals surface area contributed by atoms with E-state index in [0.717, 1.165) is 47.6 Å². The van der Waals surface area contributed by atoms with E-state index in [4.69, 9.17) is 11.6 Å². The molecule has 2 fully saturated rings. The molecule has 0 unspecified atom stereocenters. The minimum atomic E-state index is 0.284. The van der Waals surface area contributed by atoms with Crippen LogP contribution < -0.4 is 16.0 Å². The highest BCUT2D eigenvalue weighted by Crippen LogP contribution is 2.33. The zero-order valence-corrected chi connectivity index (χ0v) is 15.1. The van der Waals surface area contributed by atoms with E-state index in [-0.39, 0.29) is 6.17 Å². The summed E-state index contributed by atoms with van der Waals surface area (Å²) >= 11 is 7.99. The SMILES string of the molecule is Clc1cnc(N[C@H]2CCCCN2)cc1-c1csc(NCC2CC2)n1. The molecule has 128 valence electrons. The summed E-state index contributed by atoms with van der Waals surface area (Å²) in [5, 5.41) is 14.0. The molecule has 0 spiro atoms. The number of thiazole rings is 1. The van der Waals surface area contributed by atoms with Crippen molar-refractivity contribution < 1.29 is 0 Å². The van der Waals surface area contributed by atoms with E-state index >= 15 is 0 Å². The van der Waals surface area contributed by atoms with Gasteiger partial charge >= 0.3 is 0 Å². The van der Waals surface area contributed by atoms with E-state index in [2.05, 4.69) is 31.3 Å². The van der Waals surface area contributed by atoms with Gasteiger partial charge in [0.05, 0.1) is 16.9 Å². The van der Waals surface area contributed by atoms with Crippen molar-refractivity contribution in [3.05, 3.63) is 22.7 Å². The lowest BCUT2D eigenvalue weighted by Gasteiger charge is -2.25. The molecule has 5 nitrogen and oxygen atoms in total. The molecule has 1 atom stereocenters. The normalized spacial score (nSPS) is 20.8. The third-order valence-electron chi connectivity index (χ3n) is 4.51. The lowest BCUT2D eigenvalue weighted by molar-refractivity contribution is 0.432. The van der Waals surface area contributed by atoms with Crippen LogP contribution in [0.5, 0.6) is 0 Å². The Hall–Kier alpha value is -1.37. The van der Waals surface area contributed by atoms with E-state index in [9.17, 15) is 0 Å². The van der Waals surface area contributed by atoms with E-state index < -0.39 is 0 Å². The van der Waals surface area contributed by atoms with Crippen molar-refractivity contribution in [3.63, 3.8) is 0 Å². The number of nitrogens with one attached hydrogen (secondary N) is 3. The van der Waals surface area contributed by atoms with Crippen LogP contribution in [0.1, 0.15) is 32.1 Å². The van der Waals surface area contributed by atoms with Gasteiger partial charge in [0.25, 0.3) is 0 Å². The average molecular weight is 364 g/mol. The van der Waals surface area contributed by atoms with Gasteiger partial charge in [0.15, 0.2) is 5.13 Å². The zero-order chi connectivity index (χ0) is 16.4. The van der Waals surface area contributed by atoms with Crippen LogP contribution in [0.3, 0.4) is 0 Å². The Morgan fingerprint density at radius 2 is 2.21 bits per heavy atom. The van der Waals surface area contributed by atoms with Gasteiger partial charge in [-0.1, -0.05) is 11.6 Å². The summed E-state index contributed by atoms with van der Waals surface area (Å²) in [6, 6.07) is 2.00. The van der Waals surface area contributed by atoms with Gasteiger partial charge < -0.3 is 10.6 Å². The highest BCUT2D eigenvalue weighted by Gasteiger charge is 2.21. The Kier molecular flexibility index (Phi) is 4.87. The van der Waals surface area contributed by atoms with Crippen molar-refractivity contribution in [1.29, 1.82) is 0 Å². The summed E-state index contributed by atoms with van der Waals surface area (Å²) in [5.41, 5.74) is 1.84. The summed E-state index contributed by atoms with van der Waals surface area (Å²) in [7, 11) is 0. The van der Waals surface area contributed by atoms with Gasteiger partial charge in [0.2, 0.25) is 0 Å². The highest BCUT2D eigenvalue weighted by molar-refractivity contribution is 7.14. The minimum absolute atomic E-state index is 0.284. The molecule has 2 aromatic heterocycles. The molecule has 7 heteroatoms. The number of aromatic nitrogens is 2. The van der Waals surface area contributed by atoms with Gasteiger partial charge in [-0.25, -0.2) is 9.97 Å². The average Bonchev–Trinajstić information content (AvgIpc) is 3.32. The largest absolute Gasteiger partial charge is 0.361 e. The molecular weight excluding hydrogens is 342 g/mol. The van der Waals surface area contributed by atoms with Crippen molar-refractivity contribution in [3.8, 4) is 11.3 Å². The molecule has 3 N–H and O–H groups in total. The number of pyridine rings is 1. The minimum Gasteiger partial charge on any atom is -0.361 e. The number of piperidine rings is 1. The van der Waals surface area contributed by atoms with Crippen LogP contribution in [0, 0.1) is 5.92 Å². The number of hydrogen-bond donors (Lipinski definition) is 3. The summed E-state index contributed by atoms with van der Waals surface area (Å²) in [6.45, 7) is 2.08. The van der Waals surface area contributed by atoms with E-state index in [0.29, 0.717) is 5.02 Å². The third kappa shape index (κ3) is 3.99. The second-order valence-corrected chi connectivity index (χ2v) is 7.82. The second kappa shape index (κ2) is 7.25. The molecule has 0 radical (unpaired) electrons. The molecule has 0 amide bonds. The summed E-state index contributed by atoms with van der Waals surface area (Å²) < 4.78 is 0. The Labute approximate surface area is 151 Å². The topological polar surface area (TPSA) is 61.9 Å². The Bertz CT molecular complexity index is 694. The summed E-state index contributed by atoms with van der Waals surface area (Å²) in [4.78, 5) is 9.09. The Morgan fingerprint density at radius 3 is 3.00 bits per heavy atom. The smallest absolute Gasteiger partial charge is 0.183 e. The van der Waals surface area contributed by atoms with Crippen molar-refractivity contribution >= 4 is 33.9 Å². The monoisotopic (exact) mass is 363 g/mol. The quantitative estimate of drug-likeness (QED) is 0.718. The molecule has 24 heavy (non-hydrogen) atoms. The molecular formula is C17H22ClN5S. The first-order chi connectivity index (χ1) is 11.8.